The van der Waals surface area contributed by atoms with E-state index in [0.717, 1.165) is 31.2 Å². The molecule has 3 aromatic rings. The van der Waals surface area contributed by atoms with Crippen LogP contribution in [0.25, 0.3) is 16.9 Å². The van der Waals surface area contributed by atoms with Gasteiger partial charge in [-0.05, 0) is 88.1 Å². The molecule has 1 aromatic carbocycles. The van der Waals surface area contributed by atoms with E-state index < -0.39 is 12.2 Å². The molecule has 0 N–H and O–H groups in total. The lowest BCUT2D eigenvalue weighted by Gasteiger charge is -2.33. The Morgan fingerprint density at radius 1 is 1.07 bits per heavy atom. The minimum atomic E-state index is -3.08. The summed E-state index contributed by atoms with van der Waals surface area (Å²) in [6, 6.07) is 7.16. The van der Waals surface area contributed by atoms with E-state index in [0.29, 0.717) is 30.0 Å². The van der Waals surface area contributed by atoms with Crippen LogP contribution in [0.5, 0.6) is 11.5 Å². The third kappa shape index (κ3) is 6.21. The SMILES string of the molecule is COc1cc(-c2cnc3cc(C4CCN(C(=O)OC(C)(C)C)CC4)ccn23)cc(OC(F)F)c1C(=O)CC1CC1. The highest BCUT2D eigenvalue weighted by Gasteiger charge is 2.30. The molecule has 214 valence electrons. The number of hydrogen-bond acceptors (Lipinski definition) is 6. The van der Waals surface area contributed by atoms with E-state index >= 15 is 0 Å². The number of carbonyl (C=O) groups excluding carboxylic acids is 2. The lowest BCUT2D eigenvalue weighted by Crippen LogP contribution is -2.41. The molecule has 1 amide bonds. The Morgan fingerprint density at radius 3 is 2.40 bits per heavy atom. The fourth-order valence-electron chi connectivity index (χ4n) is 5.23. The molecule has 1 saturated heterocycles. The molecule has 1 saturated carbocycles. The summed E-state index contributed by atoms with van der Waals surface area (Å²) in [5, 5.41) is 0. The number of ether oxygens (including phenoxy) is 3. The first-order valence-corrected chi connectivity index (χ1v) is 13.7. The van der Waals surface area contributed by atoms with Crippen LogP contribution in [0.2, 0.25) is 0 Å². The number of benzene rings is 1. The molecule has 2 aliphatic rings. The maximum atomic E-state index is 13.3. The summed E-state index contributed by atoms with van der Waals surface area (Å²) < 4.78 is 44.3. The second kappa shape index (κ2) is 11.1. The smallest absolute Gasteiger partial charge is 0.410 e. The molecule has 0 bridgehead atoms. The van der Waals surface area contributed by atoms with E-state index in [2.05, 4.69) is 4.98 Å². The van der Waals surface area contributed by atoms with Gasteiger partial charge in [0, 0.05) is 31.3 Å². The van der Waals surface area contributed by atoms with Gasteiger partial charge in [0.05, 0.1) is 19.0 Å². The minimum Gasteiger partial charge on any atom is -0.496 e. The number of piperidine rings is 1. The van der Waals surface area contributed by atoms with Crippen LogP contribution in [-0.4, -0.2) is 58.6 Å². The summed E-state index contributed by atoms with van der Waals surface area (Å²) in [6.45, 7) is 3.72. The lowest BCUT2D eigenvalue weighted by atomic mass is 9.90. The Hall–Kier alpha value is -3.69. The first kappa shape index (κ1) is 27.9. The topological polar surface area (TPSA) is 82.4 Å². The highest BCUT2D eigenvalue weighted by molar-refractivity contribution is 6.02. The highest BCUT2D eigenvalue weighted by atomic mass is 19.3. The van der Waals surface area contributed by atoms with Crippen molar-refractivity contribution < 1.29 is 32.6 Å². The number of fused-ring (bicyclic) bond motifs is 1. The van der Waals surface area contributed by atoms with Crippen LogP contribution in [-0.2, 0) is 4.74 Å². The number of alkyl halides is 2. The van der Waals surface area contributed by atoms with Crippen molar-refractivity contribution in [2.45, 2.75) is 71.0 Å². The first-order chi connectivity index (χ1) is 19.0. The number of amides is 1. The van der Waals surface area contributed by atoms with E-state index in [-0.39, 0.29) is 47.2 Å². The molecule has 5 rings (SSSR count). The molecule has 0 atom stereocenters. The van der Waals surface area contributed by atoms with Gasteiger partial charge in [0.2, 0.25) is 0 Å². The van der Waals surface area contributed by atoms with Crippen LogP contribution >= 0.6 is 0 Å². The van der Waals surface area contributed by atoms with Crippen molar-refractivity contribution >= 4 is 17.5 Å². The zero-order valence-electron chi connectivity index (χ0n) is 23.3. The minimum absolute atomic E-state index is 0.0484. The summed E-state index contributed by atoms with van der Waals surface area (Å²) in [5.74, 6) is 0.294. The molecule has 8 nitrogen and oxygen atoms in total. The maximum Gasteiger partial charge on any atom is 0.410 e. The molecular formula is C30H35F2N3O5. The molecular weight excluding hydrogens is 520 g/mol. The van der Waals surface area contributed by atoms with Gasteiger partial charge in [-0.2, -0.15) is 8.78 Å². The third-order valence-corrected chi connectivity index (χ3v) is 7.40. The van der Waals surface area contributed by atoms with Crippen molar-refractivity contribution in [3.8, 4) is 22.8 Å². The molecule has 3 heterocycles. The van der Waals surface area contributed by atoms with Gasteiger partial charge >= 0.3 is 12.7 Å². The molecule has 0 spiro atoms. The quantitative estimate of drug-likeness (QED) is 0.288. The van der Waals surface area contributed by atoms with Crippen molar-refractivity contribution in [2.75, 3.05) is 20.2 Å². The molecule has 0 radical (unpaired) electrons. The number of ketones is 1. The Balaban J connectivity index is 1.39. The Labute approximate surface area is 232 Å². The zero-order chi connectivity index (χ0) is 28.6. The predicted octanol–water partition coefficient (Wildman–Crippen LogP) is 6.71. The summed E-state index contributed by atoms with van der Waals surface area (Å²) in [6.07, 6.45) is 7.11. The number of rotatable bonds is 8. The molecule has 1 aliphatic heterocycles. The fraction of sp³-hybridized carbons (Fsp3) is 0.500. The van der Waals surface area contributed by atoms with E-state index in [4.69, 9.17) is 14.2 Å². The van der Waals surface area contributed by atoms with Crippen molar-refractivity contribution in [3.05, 3.63) is 47.8 Å². The van der Waals surface area contributed by atoms with Gasteiger partial charge in [0.15, 0.2) is 5.78 Å². The lowest BCUT2D eigenvalue weighted by molar-refractivity contribution is -0.0502. The summed E-state index contributed by atoms with van der Waals surface area (Å²) in [7, 11) is 1.41. The average Bonchev–Trinajstić information content (AvgIpc) is 3.61. The predicted molar refractivity (Wildman–Crippen MR) is 145 cm³/mol. The van der Waals surface area contributed by atoms with E-state index in [1.807, 2.05) is 43.5 Å². The summed E-state index contributed by atoms with van der Waals surface area (Å²) in [4.78, 5) is 31.7. The molecule has 1 aliphatic carbocycles. The van der Waals surface area contributed by atoms with E-state index in [1.165, 1.54) is 13.2 Å². The van der Waals surface area contributed by atoms with E-state index in [9.17, 15) is 18.4 Å². The van der Waals surface area contributed by atoms with Gasteiger partial charge in [-0.1, -0.05) is 0 Å². The summed E-state index contributed by atoms with van der Waals surface area (Å²) >= 11 is 0. The standard InChI is InChI=1S/C30H35F2N3O5/c1-30(2,3)40-29(37)34-10-7-19(8-11-34)20-9-12-35-22(17-33-26(35)16-20)21-14-24(38-4)27(23(36)13-18-5-6-18)25(15-21)39-28(31)32/h9,12,14-19,28H,5-8,10-11,13H2,1-4H3. The van der Waals surface area contributed by atoms with Crippen LogP contribution in [0, 0.1) is 5.92 Å². The number of imidazole rings is 1. The van der Waals surface area contributed by atoms with Crippen LogP contribution in [0.3, 0.4) is 0 Å². The van der Waals surface area contributed by atoms with Crippen LogP contribution in [0.1, 0.15) is 74.7 Å². The molecule has 0 unspecified atom stereocenters. The number of aromatic nitrogens is 2. The van der Waals surface area contributed by atoms with Crippen molar-refractivity contribution in [2.24, 2.45) is 5.92 Å². The van der Waals surface area contributed by atoms with Gasteiger partial charge < -0.3 is 19.1 Å². The Bertz CT molecular complexity index is 1400. The van der Waals surface area contributed by atoms with Crippen molar-refractivity contribution in [1.29, 1.82) is 0 Å². The fourth-order valence-corrected chi connectivity index (χ4v) is 5.23. The number of hydrogen-bond donors (Lipinski definition) is 0. The van der Waals surface area contributed by atoms with E-state index in [1.54, 1.807) is 17.2 Å². The van der Waals surface area contributed by atoms with Crippen LogP contribution in [0.4, 0.5) is 13.6 Å². The number of nitrogens with zero attached hydrogens (tertiary/aromatic N) is 3. The molecule has 40 heavy (non-hydrogen) atoms. The molecule has 2 aromatic heterocycles. The van der Waals surface area contributed by atoms with Crippen LogP contribution < -0.4 is 9.47 Å². The van der Waals surface area contributed by atoms with Gasteiger partial charge in [-0.15, -0.1) is 0 Å². The summed E-state index contributed by atoms with van der Waals surface area (Å²) in [5.41, 5.74) is 2.54. The number of halogens is 2. The van der Waals surface area contributed by atoms with Gasteiger partial charge in [-0.3, -0.25) is 9.20 Å². The Morgan fingerprint density at radius 2 is 1.77 bits per heavy atom. The normalized spacial score (nSPS) is 16.4. The number of likely N-dealkylation sites (tertiary alicyclic amines) is 1. The largest absolute Gasteiger partial charge is 0.496 e. The average molecular weight is 556 g/mol. The number of methoxy groups -OCH3 is 1. The first-order valence-electron chi connectivity index (χ1n) is 13.7. The highest BCUT2D eigenvalue weighted by Crippen LogP contribution is 2.40. The second-order valence-corrected chi connectivity index (χ2v) is 11.6. The second-order valence-electron chi connectivity index (χ2n) is 11.6. The third-order valence-electron chi connectivity index (χ3n) is 7.40. The van der Waals surface area contributed by atoms with Gasteiger partial charge in [0.25, 0.3) is 0 Å². The zero-order valence-corrected chi connectivity index (χ0v) is 23.3. The monoisotopic (exact) mass is 555 g/mol. The maximum absolute atomic E-state index is 13.3. The Kier molecular flexibility index (Phi) is 7.70. The number of Topliss-reactive ketones (excluding diaryl/α,β-unsaturated/α-hetero) is 1. The van der Waals surface area contributed by atoms with Gasteiger partial charge in [-0.25, -0.2) is 9.78 Å². The van der Waals surface area contributed by atoms with Crippen LogP contribution in [0.15, 0.2) is 36.7 Å². The number of carbonyl (C=O) groups is 2. The molecule has 10 heteroatoms. The van der Waals surface area contributed by atoms with Crippen molar-refractivity contribution in [3.63, 3.8) is 0 Å². The van der Waals surface area contributed by atoms with Gasteiger partial charge in [0.1, 0.15) is 28.3 Å². The van der Waals surface area contributed by atoms with Crippen molar-refractivity contribution in [1.82, 2.24) is 14.3 Å². The number of pyridine rings is 1. The molecule has 2 fully saturated rings.